The Morgan fingerprint density at radius 1 is 1.05 bits per heavy atom. The van der Waals surface area contributed by atoms with Crippen molar-refractivity contribution in [1.82, 2.24) is 5.32 Å². The third-order valence-electron chi connectivity index (χ3n) is 3.29. The van der Waals surface area contributed by atoms with Crippen LogP contribution in [0.25, 0.3) is 0 Å². The number of halogens is 1. The average Bonchev–Trinajstić information content (AvgIpc) is 2.52. The van der Waals surface area contributed by atoms with Gasteiger partial charge in [-0.3, -0.25) is 4.79 Å². The highest BCUT2D eigenvalue weighted by atomic mass is 35.5. The van der Waals surface area contributed by atoms with Crippen molar-refractivity contribution < 1.29 is 14.7 Å². The molecule has 5 heteroatoms. The molecule has 0 aliphatic carbocycles. The molecule has 0 saturated heterocycles. The van der Waals surface area contributed by atoms with Crippen LogP contribution in [0.1, 0.15) is 22.3 Å². The number of aryl methyl sites for hydroxylation is 1. The van der Waals surface area contributed by atoms with Crippen molar-refractivity contribution in [2.45, 2.75) is 18.9 Å². The predicted molar refractivity (Wildman–Crippen MR) is 85.1 cm³/mol. The lowest BCUT2D eigenvalue weighted by atomic mass is 10.0. The number of hydrogen-bond acceptors (Lipinski definition) is 2. The van der Waals surface area contributed by atoms with Crippen LogP contribution in [0.15, 0.2) is 54.6 Å². The molecule has 0 spiro atoms. The molecule has 22 heavy (non-hydrogen) atoms. The number of hydrogen-bond donors (Lipinski definition) is 2. The molecule has 0 radical (unpaired) electrons. The number of benzene rings is 2. The van der Waals surface area contributed by atoms with Crippen LogP contribution in [0.4, 0.5) is 0 Å². The van der Waals surface area contributed by atoms with E-state index in [1.807, 2.05) is 30.3 Å². The summed E-state index contributed by atoms with van der Waals surface area (Å²) in [7, 11) is 0. The zero-order valence-electron chi connectivity index (χ0n) is 11.8. The summed E-state index contributed by atoms with van der Waals surface area (Å²) in [6.45, 7) is 0. The van der Waals surface area contributed by atoms with E-state index in [2.05, 4.69) is 5.32 Å². The van der Waals surface area contributed by atoms with Gasteiger partial charge in [-0.2, -0.15) is 0 Å². The van der Waals surface area contributed by atoms with E-state index in [0.717, 1.165) is 5.56 Å². The molecule has 0 aromatic heterocycles. The fourth-order valence-corrected chi connectivity index (χ4v) is 2.32. The van der Waals surface area contributed by atoms with E-state index in [1.54, 1.807) is 24.3 Å². The van der Waals surface area contributed by atoms with Gasteiger partial charge in [-0.25, -0.2) is 4.79 Å². The summed E-state index contributed by atoms with van der Waals surface area (Å²) in [5.41, 5.74) is 1.30. The van der Waals surface area contributed by atoms with Gasteiger partial charge in [0, 0.05) is 0 Å². The number of carbonyl (C=O) groups is 2. The zero-order chi connectivity index (χ0) is 15.9. The Hall–Kier alpha value is -2.33. The number of rotatable bonds is 6. The van der Waals surface area contributed by atoms with E-state index in [9.17, 15) is 14.7 Å². The van der Waals surface area contributed by atoms with Crippen LogP contribution in [0, 0.1) is 0 Å². The van der Waals surface area contributed by atoms with Crippen molar-refractivity contribution in [3.05, 3.63) is 70.7 Å². The maximum absolute atomic E-state index is 12.1. The van der Waals surface area contributed by atoms with Gasteiger partial charge in [0.2, 0.25) is 0 Å². The Labute approximate surface area is 133 Å². The normalized spacial score (nSPS) is 11.7. The molecule has 114 valence electrons. The molecule has 2 rings (SSSR count). The highest BCUT2D eigenvalue weighted by Gasteiger charge is 2.21. The Balaban J connectivity index is 2.01. The van der Waals surface area contributed by atoms with Crippen LogP contribution in [0.5, 0.6) is 0 Å². The van der Waals surface area contributed by atoms with Gasteiger partial charge in [0.15, 0.2) is 0 Å². The Morgan fingerprint density at radius 2 is 1.68 bits per heavy atom. The largest absolute Gasteiger partial charge is 0.480 e. The van der Waals surface area contributed by atoms with Gasteiger partial charge in [0.1, 0.15) is 6.04 Å². The van der Waals surface area contributed by atoms with Crippen molar-refractivity contribution in [1.29, 1.82) is 0 Å². The fraction of sp³-hybridized carbons (Fsp3) is 0.176. The second-order valence-electron chi connectivity index (χ2n) is 4.87. The van der Waals surface area contributed by atoms with E-state index in [4.69, 9.17) is 11.6 Å². The van der Waals surface area contributed by atoms with E-state index >= 15 is 0 Å². The lowest BCUT2D eigenvalue weighted by Crippen LogP contribution is -2.41. The van der Waals surface area contributed by atoms with Crippen molar-refractivity contribution in [2.75, 3.05) is 0 Å². The van der Waals surface area contributed by atoms with Gasteiger partial charge < -0.3 is 10.4 Å². The first-order valence-corrected chi connectivity index (χ1v) is 7.28. The first kappa shape index (κ1) is 16.0. The molecule has 4 nitrogen and oxygen atoms in total. The summed E-state index contributed by atoms with van der Waals surface area (Å²) in [5.74, 6) is -1.54. The van der Waals surface area contributed by atoms with E-state index in [0.29, 0.717) is 17.9 Å². The lowest BCUT2D eigenvalue weighted by Gasteiger charge is -2.15. The maximum Gasteiger partial charge on any atom is 0.326 e. The molecule has 2 N–H and O–H groups in total. The summed E-state index contributed by atoms with van der Waals surface area (Å²) in [4.78, 5) is 23.5. The maximum atomic E-state index is 12.1. The first-order chi connectivity index (χ1) is 10.6. The third-order valence-corrected chi connectivity index (χ3v) is 3.62. The van der Waals surface area contributed by atoms with Crippen molar-refractivity contribution in [3.63, 3.8) is 0 Å². The number of carboxylic acid groups (broad SMARTS) is 1. The summed E-state index contributed by atoms with van der Waals surface area (Å²) >= 11 is 5.95. The average molecular weight is 318 g/mol. The third kappa shape index (κ3) is 4.33. The molecule has 0 aliphatic rings. The van der Waals surface area contributed by atoms with E-state index in [-0.39, 0.29) is 5.56 Å². The molecular formula is C17H16ClNO3. The van der Waals surface area contributed by atoms with Crippen molar-refractivity contribution in [2.24, 2.45) is 0 Å². The smallest absolute Gasteiger partial charge is 0.326 e. The van der Waals surface area contributed by atoms with Crippen molar-refractivity contribution >= 4 is 23.5 Å². The van der Waals surface area contributed by atoms with Gasteiger partial charge in [-0.05, 0) is 30.5 Å². The molecule has 0 fully saturated rings. The van der Waals surface area contributed by atoms with Crippen LogP contribution in [-0.2, 0) is 11.2 Å². The minimum absolute atomic E-state index is 0.273. The Kier molecular flexibility index (Phi) is 5.55. The topological polar surface area (TPSA) is 66.4 Å². The first-order valence-electron chi connectivity index (χ1n) is 6.90. The lowest BCUT2D eigenvalue weighted by molar-refractivity contribution is -0.139. The van der Waals surface area contributed by atoms with Gasteiger partial charge in [0.25, 0.3) is 5.91 Å². The standard InChI is InChI=1S/C17H16ClNO3/c18-14-9-5-4-8-13(14)16(20)19-15(17(21)22)11-10-12-6-2-1-3-7-12/h1-9,15H,10-11H2,(H,19,20)(H,21,22)/t15-/m1/s1. The molecule has 0 bridgehead atoms. The van der Waals surface area contributed by atoms with Crippen LogP contribution < -0.4 is 5.32 Å². The molecule has 0 heterocycles. The van der Waals surface area contributed by atoms with Gasteiger partial charge in [-0.15, -0.1) is 0 Å². The summed E-state index contributed by atoms with van der Waals surface area (Å²) < 4.78 is 0. The summed E-state index contributed by atoms with van der Waals surface area (Å²) in [5, 5.41) is 12.1. The quantitative estimate of drug-likeness (QED) is 0.860. The van der Waals surface area contributed by atoms with E-state index in [1.165, 1.54) is 0 Å². The Bertz CT molecular complexity index is 658. The van der Waals surface area contributed by atoms with Gasteiger partial charge in [-0.1, -0.05) is 54.1 Å². The summed E-state index contributed by atoms with van der Waals surface area (Å²) in [6, 6.07) is 15.1. The molecule has 0 saturated carbocycles. The van der Waals surface area contributed by atoms with Crippen LogP contribution in [-0.4, -0.2) is 23.0 Å². The molecule has 0 aliphatic heterocycles. The van der Waals surface area contributed by atoms with Gasteiger partial charge in [0.05, 0.1) is 10.6 Å². The number of aliphatic carboxylic acids is 1. The monoisotopic (exact) mass is 317 g/mol. The summed E-state index contributed by atoms with van der Waals surface area (Å²) in [6.07, 6.45) is 0.885. The minimum atomic E-state index is -1.06. The van der Waals surface area contributed by atoms with Crippen LogP contribution >= 0.6 is 11.6 Å². The molecule has 2 aromatic carbocycles. The molecule has 2 aromatic rings. The highest BCUT2D eigenvalue weighted by Crippen LogP contribution is 2.15. The number of carbonyl (C=O) groups excluding carboxylic acids is 1. The fourth-order valence-electron chi connectivity index (χ4n) is 2.09. The second kappa shape index (κ2) is 7.61. The predicted octanol–water partition coefficient (Wildman–Crippen LogP) is 3.16. The molecule has 1 atom stereocenters. The van der Waals surface area contributed by atoms with Crippen molar-refractivity contribution in [3.8, 4) is 0 Å². The van der Waals surface area contributed by atoms with Crippen LogP contribution in [0.3, 0.4) is 0 Å². The second-order valence-corrected chi connectivity index (χ2v) is 5.28. The molecular weight excluding hydrogens is 302 g/mol. The highest BCUT2D eigenvalue weighted by molar-refractivity contribution is 6.33. The number of carboxylic acids is 1. The number of amides is 1. The SMILES string of the molecule is O=C(N[C@H](CCc1ccccc1)C(=O)O)c1ccccc1Cl. The minimum Gasteiger partial charge on any atom is -0.480 e. The van der Waals surface area contributed by atoms with Gasteiger partial charge >= 0.3 is 5.97 Å². The molecule has 0 unspecified atom stereocenters. The molecule has 1 amide bonds. The number of nitrogens with one attached hydrogen (secondary N) is 1. The van der Waals surface area contributed by atoms with Crippen LogP contribution in [0.2, 0.25) is 5.02 Å². The Morgan fingerprint density at radius 3 is 2.32 bits per heavy atom. The van der Waals surface area contributed by atoms with E-state index < -0.39 is 17.9 Å². The zero-order valence-corrected chi connectivity index (χ0v) is 12.6.